The van der Waals surface area contributed by atoms with Crippen molar-refractivity contribution >= 4 is 5.78 Å². The van der Waals surface area contributed by atoms with Crippen molar-refractivity contribution in [2.24, 2.45) is 0 Å². The highest BCUT2D eigenvalue weighted by Gasteiger charge is 2.21. The number of rotatable bonds is 4. The maximum atomic E-state index is 12.3. The van der Waals surface area contributed by atoms with Crippen molar-refractivity contribution < 1.29 is 18.7 Å². The van der Waals surface area contributed by atoms with Crippen LogP contribution in [-0.4, -0.2) is 19.0 Å². The summed E-state index contributed by atoms with van der Waals surface area (Å²) in [5, 5.41) is 0. The molecule has 104 valence electrons. The van der Waals surface area contributed by atoms with Gasteiger partial charge >= 0.3 is 0 Å². The summed E-state index contributed by atoms with van der Waals surface area (Å²) in [5.74, 6) is 2.05. The second-order valence-corrected chi connectivity index (χ2v) is 4.69. The number of hydrogen-bond acceptors (Lipinski definition) is 4. The van der Waals surface area contributed by atoms with E-state index < -0.39 is 0 Å². The van der Waals surface area contributed by atoms with Crippen LogP contribution in [0.5, 0.6) is 11.5 Å². The Balaban J connectivity index is 2.12. The standard InChI is InChI=1S/C16H16O4/c1-2-4-13(17)11-9-15-16(20-8-7-19-15)10-12(11)14-5-3-6-18-14/h3,5-6,9-10H,2,4,7-8H2,1H3. The molecule has 3 rings (SSSR count). The van der Waals surface area contributed by atoms with Gasteiger partial charge in [0, 0.05) is 17.5 Å². The van der Waals surface area contributed by atoms with Gasteiger partial charge in [-0.25, -0.2) is 0 Å². The van der Waals surface area contributed by atoms with E-state index in [4.69, 9.17) is 13.9 Å². The number of benzene rings is 1. The van der Waals surface area contributed by atoms with Gasteiger partial charge in [0.1, 0.15) is 19.0 Å². The summed E-state index contributed by atoms with van der Waals surface area (Å²) in [6.45, 7) is 3.02. The summed E-state index contributed by atoms with van der Waals surface area (Å²) in [6.07, 6.45) is 2.92. The predicted octanol–water partition coefficient (Wildman–Crippen LogP) is 3.70. The lowest BCUT2D eigenvalue weighted by Gasteiger charge is -2.20. The fraction of sp³-hybridized carbons (Fsp3) is 0.312. The van der Waals surface area contributed by atoms with Crippen LogP contribution in [-0.2, 0) is 0 Å². The highest BCUT2D eigenvalue weighted by molar-refractivity contribution is 6.02. The van der Waals surface area contributed by atoms with Crippen LogP contribution in [0.4, 0.5) is 0 Å². The normalized spacial score (nSPS) is 13.2. The van der Waals surface area contributed by atoms with Crippen LogP contribution in [0.2, 0.25) is 0 Å². The average molecular weight is 272 g/mol. The molecule has 0 amide bonds. The minimum absolute atomic E-state index is 0.0934. The Morgan fingerprint density at radius 2 is 1.95 bits per heavy atom. The first-order chi connectivity index (χ1) is 9.79. The van der Waals surface area contributed by atoms with E-state index in [1.807, 2.05) is 19.1 Å². The number of furan rings is 1. The van der Waals surface area contributed by atoms with Gasteiger partial charge in [0.15, 0.2) is 17.3 Å². The first-order valence-corrected chi connectivity index (χ1v) is 6.80. The zero-order valence-corrected chi connectivity index (χ0v) is 11.3. The van der Waals surface area contributed by atoms with Crippen molar-refractivity contribution in [2.75, 3.05) is 13.2 Å². The van der Waals surface area contributed by atoms with Crippen molar-refractivity contribution in [1.29, 1.82) is 0 Å². The van der Waals surface area contributed by atoms with E-state index in [1.165, 1.54) is 0 Å². The number of hydrogen-bond donors (Lipinski definition) is 0. The number of carbonyl (C=O) groups excluding carboxylic acids is 1. The van der Waals surface area contributed by atoms with Gasteiger partial charge in [-0.15, -0.1) is 0 Å². The quantitative estimate of drug-likeness (QED) is 0.796. The smallest absolute Gasteiger partial charge is 0.163 e. The van der Waals surface area contributed by atoms with Crippen molar-refractivity contribution in [3.8, 4) is 22.8 Å². The Morgan fingerprint density at radius 3 is 2.60 bits per heavy atom. The van der Waals surface area contributed by atoms with E-state index in [2.05, 4.69) is 0 Å². The third-order valence-electron chi connectivity index (χ3n) is 3.25. The molecule has 0 saturated carbocycles. The van der Waals surface area contributed by atoms with Crippen molar-refractivity contribution in [3.05, 3.63) is 36.1 Å². The van der Waals surface area contributed by atoms with Gasteiger partial charge in [-0.1, -0.05) is 6.92 Å². The molecule has 4 heteroatoms. The largest absolute Gasteiger partial charge is 0.486 e. The summed E-state index contributed by atoms with van der Waals surface area (Å²) in [5.41, 5.74) is 1.39. The van der Waals surface area contributed by atoms with Gasteiger partial charge in [-0.3, -0.25) is 4.79 Å². The summed E-state index contributed by atoms with van der Waals surface area (Å²) >= 11 is 0. The SMILES string of the molecule is CCCC(=O)c1cc2c(cc1-c1ccco1)OCCO2. The molecule has 0 radical (unpaired) electrons. The Labute approximate surface area is 117 Å². The molecule has 2 aromatic rings. The monoisotopic (exact) mass is 272 g/mol. The number of fused-ring (bicyclic) bond motifs is 1. The first kappa shape index (κ1) is 12.8. The van der Waals surface area contributed by atoms with E-state index in [1.54, 1.807) is 18.4 Å². The average Bonchev–Trinajstić information content (AvgIpc) is 3.00. The van der Waals surface area contributed by atoms with Gasteiger partial charge in [0.05, 0.1) is 6.26 Å². The zero-order valence-electron chi connectivity index (χ0n) is 11.3. The van der Waals surface area contributed by atoms with Gasteiger partial charge in [0.25, 0.3) is 0 Å². The molecule has 20 heavy (non-hydrogen) atoms. The van der Waals surface area contributed by atoms with Crippen LogP contribution in [0.25, 0.3) is 11.3 Å². The molecule has 2 heterocycles. The molecule has 1 aliphatic heterocycles. The van der Waals surface area contributed by atoms with Crippen LogP contribution in [0.15, 0.2) is 34.9 Å². The molecule has 0 N–H and O–H groups in total. The van der Waals surface area contributed by atoms with Crippen molar-refractivity contribution in [2.45, 2.75) is 19.8 Å². The molecule has 0 saturated heterocycles. The van der Waals surface area contributed by atoms with Gasteiger partial charge in [-0.05, 0) is 30.7 Å². The van der Waals surface area contributed by atoms with Gasteiger partial charge in [0.2, 0.25) is 0 Å². The minimum Gasteiger partial charge on any atom is -0.486 e. The van der Waals surface area contributed by atoms with E-state index in [-0.39, 0.29) is 5.78 Å². The van der Waals surface area contributed by atoms with Gasteiger partial charge < -0.3 is 13.9 Å². The molecule has 4 nitrogen and oxygen atoms in total. The molecular weight excluding hydrogens is 256 g/mol. The van der Waals surface area contributed by atoms with E-state index >= 15 is 0 Å². The van der Waals surface area contributed by atoms with E-state index in [0.29, 0.717) is 42.5 Å². The lowest BCUT2D eigenvalue weighted by atomic mass is 9.98. The number of carbonyl (C=O) groups is 1. The van der Waals surface area contributed by atoms with E-state index in [0.717, 1.165) is 12.0 Å². The number of Topliss-reactive ketones (excluding diaryl/α,β-unsaturated/α-hetero) is 1. The van der Waals surface area contributed by atoms with Crippen LogP contribution >= 0.6 is 0 Å². The maximum Gasteiger partial charge on any atom is 0.163 e. The van der Waals surface area contributed by atoms with Crippen LogP contribution in [0.3, 0.4) is 0 Å². The molecule has 1 aromatic heterocycles. The van der Waals surface area contributed by atoms with Crippen LogP contribution < -0.4 is 9.47 Å². The maximum absolute atomic E-state index is 12.3. The lowest BCUT2D eigenvalue weighted by Crippen LogP contribution is -2.16. The Bertz CT molecular complexity index is 614. The van der Waals surface area contributed by atoms with Crippen LogP contribution in [0.1, 0.15) is 30.1 Å². The minimum atomic E-state index is 0.0934. The van der Waals surface area contributed by atoms with Gasteiger partial charge in [-0.2, -0.15) is 0 Å². The van der Waals surface area contributed by atoms with Crippen molar-refractivity contribution in [3.63, 3.8) is 0 Å². The molecular formula is C16H16O4. The highest BCUT2D eigenvalue weighted by atomic mass is 16.6. The second kappa shape index (κ2) is 5.41. The number of ketones is 1. The predicted molar refractivity (Wildman–Crippen MR) is 74.4 cm³/mol. The highest BCUT2D eigenvalue weighted by Crippen LogP contribution is 2.38. The fourth-order valence-corrected chi connectivity index (χ4v) is 2.32. The summed E-state index contributed by atoms with van der Waals surface area (Å²) in [7, 11) is 0. The molecule has 1 aromatic carbocycles. The molecule has 0 aliphatic carbocycles. The fourth-order valence-electron chi connectivity index (χ4n) is 2.32. The topological polar surface area (TPSA) is 48.7 Å². The molecule has 0 bridgehead atoms. The number of ether oxygens (including phenoxy) is 2. The second-order valence-electron chi connectivity index (χ2n) is 4.69. The Hall–Kier alpha value is -2.23. The molecule has 0 unspecified atom stereocenters. The third kappa shape index (κ3) is 2.29. The van der Waals surface area contributed by atoms with Crippen LogP contribution in [0, 0.1) is 0 Å². The Kier molecular flexibility index (Phi) is 3.46. The van der Waals surface area contributed by atoms with Crippen molar-refractivity contribution in [1.82, 2.24) is 0 Å². The summed E-state index contributed by atoms with van der Waals surface area (Å²) in [4.78, 5) is 12.3. The molecule has 0 atom stereocenters. The Morgan fingerprint density at radius 1 is 1.20 bits per heavy atom. The summed E-state index contributed by atoms with van der Waals surface area (Å²) in [6, 6.07) is 7.24. The summed E-state index contributed by atoms with van der Waals surface area (Å²) < 4.78 is 16.6. The molecule has 0 spiro atoms. The molecule has 0 fully saturated rings. The third-order valence-corrected chi connectivity index (χ3v) is 3.25. The first-order valence-electron chi connectivity index (χ1n) is 6.80. The molecule has 1 aliphatic rings. The van der Waals surface area contributed by atoms with E-state index in [9.17, 15) is 4.79 Å². The zero-order chi connectivity index (χ0) is 13.9. The lowest BCUT2D eigenvalue weighted by molar-refractivity contribution is 0.0981.